The number of rotatable bonds is 7. The maximum Gasteiger partial charge on any atom is 0.228 e. The number of Topliss-reactive ketones (excluding diaryl/α,β-unsaturated/α-hetero) is 1. The first kappa shape index (κ1) is 15.2. The molecule has 0 aliphatic heterocycles. The first-order valence-electron chi connectivity index (χ1n) is 6.47. The van der Waals surface area contributed by atoms with E-state index < -0.39 is 5.97 Å². The lowest BCUT2D eigenvalue weighted by Crippen LogP contribution is -2.24. The Labute approximate surface area is 126 Å². The maximum absolute atomic E-state index is 11.9. The average molecular weight is 304 g/mol. The molecule has 0 aliphatic rings. The van der Waals surface area contributed by atoms with Gasteiger partial charge < -0.3 is 14.6 Å². The number of hydrogen-bond donors (Lipinski definition) is 0. The topological polar surface area (TPSA) is 79.3 Å². The third-order valence-electron chi connectivity index (χ3n) is 2.82. The Morgan fingerprint density at radius 2 is 2.00 bits per heavy atom. The molecule has 6 heteroatoms. The standard InChI is InChI=1S/C15H15NO4S/c1-2-10-3-5-12(6-4-10)20-8-13(17)15-16-11(9-21-15)7-14(18)19/h3-6,9H,2,7-8H2,1H3,(H,18,19)/p-1. The van der Waals surface area contributed by atoms with Gasteiger partial charge in [-0.05, 0) is 24.1 Å². The van der Waals surface area contributed by atoms with Gasteiger partial charge in [0.1, 0.15) is 5.75 Å². The summed E-state index contributed by atoms with van der Waals surface area (Å²) in [5.74, 6) is -0.872. The quantitative estimate of drug-likeness (QED) is 0.719. The smallest absolute Gasteiger partial charge is 0.228 e. The highest BCUT2D eigenvalue weighted by Crippen LogP contribution is 2.15. The second-order valence-corrected chi connectivity index (χ2v) is 5.26. The molecule has 0 saturated carbocycles. The zero-order valence-corrected chi connectivity index (χ0v) is 12.3. The molecule has 0 aliphatic carbocycles. The minimum Gasteiger partial charge on any atom is -0.550 e. The number of benzene rings is 1. The molecule has 1 aromatic carbocycles. The SMILES string of the molecule is CCc1ccc(OCC(=O)c2nc(CC(=O)[O-])cs2)cc1. The number of carbonyl (C=O) groups is 2. The van der Waals surface area contributed by atoms with E-state index in [2.05, 4.69) is 11.9 Å². The Kier molecular flexibility index (Phi) is 5.05. The second kappa shape index (κ2) is 6.99. The Morgan fingerprint density at radius 1 is 1.29 bits per heavy atom. The van der Waals surface area contributed by atoms with Gasteiger partial charge in [0.15, 0.2) is 11.6 Å². The molecule has 0 radical (unpaired) electrons. The molecule has 1 aromatic heterocycles. The van der Waals surface area contributed by atoms with E-state index in [1.807, 2.05) is 24.3 Å². The van der Waals surface area contributed by atoms with Crippen molar-refractivity contribution in [2.75, 3.05) is 6.61 Å². The molecule has 5 nitrogen and oxygen atoms in total. The lowest BCUT2D eigenvalue weighted by atomic mass is 10.2. The summed E-state index contributed by atoms with van der Waals surface area (Å²) in [7, 11) is 0. The first-order chi connectivity index (χ1) is 10.1. The lowest BCUT2D eigenvalue weighted by molar-refractivity contribution is -0.304. The van der Waals surface area contributed by atoms with Gasteiger partial charge in [-0.3, -0.25) is 4.79 Å². The van der Waals surface area contributed by atoms with Crippen molar-refractivity contribution < 1.29 is 19.4 Å². The normalized spacial score (nSPS) is 10.3. The number of aliphatic carboxylic acids is 1. The number of ether oxygens (including phenoxy) is 1. The molecule has 2 rings (SSSR count). The van der Waals surface area contributed by atoms with E-state index in [4.69, 9.17) is 4.74 Å². The molecular weight excluding hydrogens is 290 g/mol. The lowest BCUT2D eigenvalue weighted by Gasteiger charge is -2.05. The Bertz CT molecular complexity index is 633. The summed E-state index contributed by atoms with van der Waals surface area (Å²) in [4.78, 5) is 26.3. The van der Waals surface area contributed by atoms with Crippen LogP contribution in [-0.2, 0) is 17.6 Å². The zero-order valence-electron chi connectivity index (χ0n) is 11.5. The van der Waals surface area contributed by atoms with Gasteiger partial charge in [-0.2, -0.15) is 0 Å². The van der Waals surface area contributed by atoms with E-state index in [0.29, 0.717) is 11.4 Å². The van der Waals surface area contributed by atoms with Gasteiger partial charge in [-0.15, -0.1) is 11.3 Å². The summed E-state index contributed by atoms with van der Waals surface area (Å²) in [6, 6.07) is 7.52. The minimum absolute atomic E-state index is 0.121. The fourth-order valence-electron chi connectivity index (χ4n) is 1.70. The van der Waals surface area contributed by atoms with Crippen molar-refractivity contribution in [2.24, 2.45) is 0 Å². The average Bonchev–Trinajstić information content (AvgIpc) is 2.93. The molecule has 0 N–H and O–H groups in total. The zero-order chi connectivity index (χ0) is 15.2. The highest BCUT2D eigenvalue weighted by molar-refractivity contribution is 7.11. The number of aryl methyl sites for hydroxylation is 1. The van der Waals surface area contributed by atoms with Crippen LogP contribution >= 0.6 is 11.3 Å². The van der Waals surface area contributed by atoms with Gasteiger partial charge in [0.25, 0.3) is 0 Å². The van der Waals surface area contributed by atoms with Crippen molar-refractivity contribution in [3.05, 3.63) is 45.9 Å². The van der Waals surface area contributed by atoms with Crippen molar-refractivity contribution >= 4 is 23.1 Å². The van der Waals surface area contributed by atoms with E-state index >= 15 is 0 Å². The molecule has 110 valence electrons. The molecule has 0 fully saturated rings. The summed E-state index contributed by atoms with van der Waals surface area (Å²) in [6.07, 6.45) is 0.655. The number of carboxylic acid groups (broad SMARTS) is 1. The summed E-state index contributed by atoms with van der Waals surface area (Å²) < 4.78 is 5.40. The molecule has 0 bridgehead atoms. The molecule has 2 aromatic rings. The third kappa shape index (κ3) is 4.39. The van der Waals surface area contributed by atoms with Crippen LogP contribution in [0.25, 0.3) is 0 Å². The molecule has 0 saturated heterocycles. The van der Waals surface area contributed by atoms with Crippen LogP contribution in [0.1, 0.15) is 28.0 Å². The van der Waals surface area contributed by atoms with Crippen LogP contribution in [0.15, 0.2) is 29.6 Å². The van der Waals surface area contributed by atoms with Crippen LogP contribution < -0.4 is 9.84 Å². The minimum atomic E-state index is -1.22. The van der Waals surface area contributed by atoms with Crippen molar-refractivity contribution in [3.8, 4) is 5.75 Å². The van der Waals surface area contributed by atoms with E-state index in [1.54, 1.807) is 5.38 Å². The number of nitrogens with zero attached hydrogens (tertiary/aromatic N) is 1. The molecular formula is C15H14NO4S-. The summed E-state index contributed by atoms with van der Waals surface area (Å²) in [6.45, 7) is 1.94. The van der Waals surface area contributed by atoms with Crippen LogP contribution in [0.3, 0.4) is 0 Å². The predicted molar refractivity (Wildman–Crippen MR) is 76.5 cm³/mol. The summed E-state index contributed by atoms with van der Waals surface area (Å²) in [5.41, 5.74) is 1.52. The molecule has 0 atom stereocenters. The van der Waals surface area contributed by atoms with E-state index in [0.717, 1.165) is 17.8 Å². The van der Waals surface area contributed by atoms with Crippen LogP contribution in [0.2, 0.25) is 0 Å². The van der Waals surface area contributed by atoms with Crippen molar-refractivity contribution in [1.29, 1.82) is 0 Å². The molecule has 21 heavy (non-hydrogen) atoms. The summed E-state index contributed by atoms with van der Waals surface area (Å²) >= 11 is 1.11. The predicted octanol–water partition coefficient (Wildman–Crippen LogP) is 1.26. The van der Waals surface area contributed by atoms with E-state index in [1.165, 1.54) is 5.56 Å². The van der Waals surface area contributed by atoms with Gasteiger partial charge in [0, 0.05) is 17.8 Å². The number of carbonyl (C=O) groups excluding carboxylic acids is 2. The van der Waals surface area contributed by atoms with Crippen LogP contribution in [0.5, 0.6) is 5.75 Å². The van der Waals surface area contributed by atoms with Crippen LogP contribution in [0.4, 0.5) is 0 Å². The van der Waals surface area contributed by atoms with Gasteiger partial charge in [0.2, 0.25) is 5.78 Å². The van der Waals surface area contributed by atoms with Gasteiger partial charge >= 0.3 is 0 Å². The largest absolute Gasteiger partial charge is 0.550 e. The van der Waals surface area contributed by atoms with Gasteiger partial charge in [0.05, 0.1) is 5.69 Å². The van der Waals surface area contributed by atoms with Gasteiger partial charge in [-0.25, -0.2) is 4.98 Å². The van der Waals surface area contributed by atoms with Crippen molar-refractivity contribution in [1.82, 2.24) is 4.98 Å². The Morgan fingerprint density at radius 3 is 2.62 bits per heavy atom. The Balaban J connectivity index is 1.91. The fraction of sp³-hybridized carbons (Fsp3) is 0.267. The fourth-order valence-corrected chi connectivity index (χ4v) is 2.44. The first-order valence-corrected chi connectivity index (χ1v) is 7.35. The molecule has 0 unspecified atom stereocenters. The number of ketones is 1. The van der Waals surface area contributed by atoms with Crippen molar-refractivity contribution in [3.63, 3.8) is 0 Å². The number of aromatic nitrogens is 1. The number of carboxylic acids is 1. The van der Waals surface area contributed by atoms with Gasteiger partial charge in [-0.1, -0.05) is 19.1 Å². The van der Waals surface area contributed by atoms with E-state index in [9.17, 15) is 14.7 Å². The Hall–Kier alpha value is -2.21. The van der Waals surface area contributed by atoms with Crippen molar-refractivity contribution in [2.45, 2.75) is 19.8 Å². The van der Waals surface area contributed by atoms with E-state index in [-0.39, 0.29) is 23.8 Å². The highest BCUT2D eigenvalue weighted by Gasteiger charge is 2.12. The third-order valence-corrected chi connectivity index (χ3v) is 3.75. The van der Waals surface area contributed by atoms with Crippen LogP contribution in [0, 0.1) is 0 Å². The maximum atomic E-state index is 11.9. The monoisotopic (exact) mass is 304 g/mol. The van der Waals surface area contributed by atoms with Crippen LogP contribution in [-0.4, -0.2) is 23.3 Å². The number of thiazole rings is 1. The molecule has 1 heterocycles. The molecule has 0 spiro atoms. The molecule has 0 amide bonds. The summed E-state index contributed by atoms with van der Waals surface area (Å²) in [5, 5.41) is 12.2. The highest BCUT2D eigenvalue weighted by atomic mass is 32.1. The second-order valence-electron chi connectivity index (χ2n) is 4.40. The number of hydrogen-bond acceptors (Lipinski definition) is 6.